The molecule has 13 heavy (non-hydrogen) atoms. The molecule has 4 aliphatic rings. The van der Waals surface area contributed by atoms with Gasteiger partial charge in [-0.2, -0.15) is 0 Å². The van der Waals surface area contributed by atoms with Gasteiger partial charge in [0.05, 0.1) is 0 Å². The molecule has 0 radical (unpaired) electrons. The fraction of sp³-hybridized carbons (Fsp3) is 1.00. The van der Waals surface area contributed by atoms with Crippen molar-refractivity contribution < 1.29 is 0 Å². The van der Waals surface area contributed by atoms with Crippen molar-refractivity contribution in [1.82, 2.24) is 4.90 Å². The summed E-state index contributed by atoms with van der Waals surface area (Å²) in [4.78, 5) is 3.56. The van der Waals surface area contributed by atoms with E-state index in [-0.39, 0.29) is 0 Å². The monoisotopic (exact) mass is 243 g/mol. The van der Waals surface area contributed by atoms with Crippen LogP contribution in [-0.4, -0.2) is 27.3 Å². The van der Waals surface area contributed by atoms with Gasteiger partial charge in [0.2, 0.25) is 0 Å². The first kappa shape index (κ1) is 8.72. The Morgan fingerprint density at radius 2 is 1.85 bits per heavy atom. The smallest absolute Gasteiger partial charge is 0.0308 e. The summed E-state index contributed by atoms with van der Waals surface area (Å²) in [5.41, 5.74) is 0.380. The lowest BCUT2D eigenvalue weighted by Gasteiger charge is -2.45. The van der Waals surface area contributed by atoms with Crippen molar-refractivity contribution in [2.45, 2.75) is 56.1 Å². The van der Waals surface area contributed by atoms with E-state index in [2.05, 4.69) is 41.6 Å². The van der Waals surface area contributed by atoms with Gasteiger partial charge in [-0.25, -0.2) is 0 Å². The van der Waals surface area contributed by atoms with Gasteiger partial charge in [-0.1, -0.05) is 15.9 Å². The van der Waals surface area contributed by atoms with Crippen LogP contribution in [0.25, 0.3) is 0 Å². The summed E-state index contributed by atoms with van der Waals surface area (Å²) in [6.07, 6.45) is 2.92. The van der Waals surface area contributed by atoms with Gasteiger partial charge in [-0.3, -0.25) is 4.90 Å². The van der Waals surface area contributed by atoms with E-state index in [0.717, 1.165) is 28.7 Å². The van der Waals surface area contributed by atoms with Crippen LogP contribution in [0.15, 0.2) is 0 Å². The molecule has 2 heteroatoms. The molecule has 4 unspecified atom stereocenters. The van der Waals surface area contributed by atoms with Gasteiger partial charge in [0.25, 0.3) is 0 Å². The molecule has 0 spiro atoms. The second-order valence-corrected chi connectivity index (χ2v) is 7.13. The van der Waals surface area contributed by atoms with E-state index in [9.17, 15) is 0 Å². The molecule has 2 heterocycles. The highest BCUT2D eigenvalue weighted by Gasteiger charge is 2.66. The lowest BCUT2D eigenvalue weighted by atomic mass is 9.75. The fourth-order valence-corrected chi connectivity index (χ4v) is 5.05. The highest BCUT2D eigenvalue weighted by atomic mass is 79.9. The molecular weight excluding hydrogens is 226 g/mol. The Labute approximate surface area is 89.0 Å². The number of rotatable bonds is 0. The van der Waals surface area contributed by atoms with Gasteiger partial charge in [0, 0.05) is 22.4 Å². The van der Waals surface area contributed by atoms with E-state index < -0.39 is 0 Å². The topological polar surface area (TPSA) is 3.24 Å². The summed E-state index contributed by atoms with van der Waals surface area (Å²) >= 11 is 3.85. The van der Waals surface area contributed by atoms with Crippen LogP contribution in [-0.2, 0) is 0 Å². The van der Waals surface area contributed by atoms with Gasteiger partial charge >= 0.3 is 0 Å². The van der Waals surface area contributed by atoms with Crippen molar-refractivity contribution >= 4 is 15.9 Å². The Morgan fingerprint density at radius 1 is 1.15 bits per heavy atom. The van der Waals surface area contributed by atoms with E-state index in [1.54, 1.807) is 0 Å². The van der Waals surface area contributed by atoms with Crippen molar-refractivity contribution in [3.63, 3.8) is 0 Å². The average molecular weight is 244 g/mol. The number of halogens is 1. The van der Waals surface area contributed by atoms with Crippen LogP contribution in [0.3, 0.4) is 0 Å². The van der Waals surface area contributed by atoms with Crippen molar-refractivity contribution in [3.05, 3.63) is 0 Å². The van der Waals surface area contributed by atoms with Crippen LogP contribution in [0, 0.1) is 11.8 Å². The molecule has 0 N–H and O–H groups in total. The predicted molar refractivity (Wildman–Crippen MR) is 58.1 cm³/mol. The lowest BCUT2D eigenvalue weighted by Crippen LogP contribution is -2.53. The second-order valence-electron chi connectivity index (χ2n) is 5.95. The Kier molecular flexibility index (Phi) is 1.56. The van der Waals surface area contributed by atoms with Gasteiger partial charge in [0.1, 0.15) is 0 Å². The highest BCUT2D eigenvalue weighted by molar-refractivity contribution is 9.09. The Hall–Kier alpha value is 0.440. The van der Waals surface area contributed by atoms with Gasteiger partial charge in [0.15, 0.2) is 0 Å². The molecule has 4 bridgehead atoms. The standard InChI is InChI=1S/C11H18BrN/c1-11(2,3)13-9-5-7-6(9)4-8(12)10(7)13/h6-10H,4-5H2,1-3H3/t6?,7?,8-,9?,10?/m1/s1. The molecule has 2 aliphatic heterocycles. The second kappa shape index (κ2) is 2.33. The van der Waals surface area contributed by atoms with Crippen LogP contribution in [0.1, 0.15) is 33.6 Å². The Bertz CT molecular complexity index is 245. The summed E-state index contributed by atoms with van der Waals surface area (Å²) in [5.74, 6) is 2.07. The molecule has 0 aromatic rings. The maximum Gasteiger partial charge on any atom is 0.0308 e. The Morgan fingerprint density at radius 3 is 2.31 bits per heavy atom. The fourth-order valence-electron chi connectivity index (χ4n) is 3.98. The van der Waals surface area contributed by atoms with Crippen LogP contribution >= 0.6 is 15.9 Å². The minimum absolute atomic E-state index is 0.380. The Balaban J connectivity index is 1.93. The SMILES string of the molecule is CC(C)(C)N1C2CC3C2C[C@@H](Br)C31. The van der Waals surface area contributed by atoms with E-state index >= 15 is 0 Å². The van der Waals surface area contributed by atoms with Crippen LogP contribution in [0.2, 0.25) is 0 Å². The number of piperidine rings is 1. The van der Waals surface area contributed by atoms with Crippen molar-refractivity contribution in [3.8, 4) is 0 Å². The zero-order valence-electron chi connectivity index (χ0n) is 8.63. The molecule has 74 valence electrons. The van der Waals surface area contributed by atoms with Crippen molar-refractivity contribution in [2.24, 2.45) is 11.8 Å². The van der Waals surface area contributed by atoms with Crippen molar-refractivity contribution in [1.29, 1.82) is 0 Å². The molecule has 4 fully saturated rings. The molecule has 2 aliphatic carbocycles. The summed E-state index contributed by atoms with van der Waals surface area (Å²) in [6.45, 7) is 7.09. The third-order valence-corrected chi connectivity index (χ3v) is 5.23. The molecule has 0 aromatic carbocycles. The predicted octanol–water partition coefficient (Wildman–Crippen LogP) is 2.64. The normalized spacial score (nSPS) is 54.0. The van der Waals surface area contributed by atoms with E-state index in [1.165, 1.54) is 12.8 Å². The summed E-state index contributed by atoms with van der Waals surface area (Å²) in [6, 6.07) is 1.79. The molecule has 4 rings (SSSR count). The molecule has 2 saturated heterocycles. The third-order valence-electron chi connectivity index (χ3n) is 4.32. The van der Waals surface area contributed by atoms with Crippen LogP contribution in [0.4, 0.5) is 0 Å². The lowest BCUT2D eigenvalue weighted by molar-refractivity contribution is 0.0500. The zero-order valence-corrected chi connectivity index (χ0v) is 10.2. The van der Waals surface area contributed by atoms with Gasteiger partial charge in [-0.05, 0) is 45.4 Å². The minimum Gasteiger partial charge on any atom is -0.291 e. The van der Waals surface area contributed by atoms with Gasteiger partial charge in [-0.15, -0.1) is 0 Å². The van der Waals surface area contributed by atoms with Crippen molar-refractivity contribution in [2.75, 3.05) is 0 Å². The first-order chi connectivity index (χ1) is 6.00. The molecule has 5 atom stereocenters. The first-order valence-electron chi connectivity index (χ1n) is 5.42. The van der Waals surface area contributed by atoms with E-state index in [1.807, 2.05) is 0 Å². The minimum atomic E-state index is 0.380. The summed E-state index contributed by atoms with van der Waals surface area (Å²) < 4.78 is 0. The highest BCUT2D eigenvalue weighted by Crippen LogP contribution is 2.62. The van der Waals surface area contributed by atoms with Crippen LogP contribution in [0.5, 0.6) is 0 Å². The summed E-state index contributed by atoms with van der Waals surface area (Å²) in [7, 11) is 0. The quantitative estimate of drug-likeness (QED) is 0.592. The average Bonchev–Trinajstić information content (AvgIpc) is 2.53. The molecule has 2 saturated carbocycles. The summed E-state index contributed by atoms with van der Waals surface area (Å²) in [5, 5.41) is 0. The van der Waals surface area contributed by atoms with E-state index in [0.29, 0.717) is 5.54 Å². The third kappa shape index (κ3) is 0.918. The number of hydrogen-bond acceptors (Lipinski definition) is 1. The molecule has 1 nitrogen and oxygen atoms in total. The maximum atomic E-state index is 3.85. The largest absolute Gasteiger partial charge is 0.291 e. The van der Waals surface area contributed by atoms with Crippen LogP contribution < -0.4 is 0 Å². The van der Waals surface area contributed by atoms with E-state index in [4.69, 9.17) is 0 Å². The maximum absolute atomic E-state index is 3.85. The first-order valence-corrected chi connectivity index (χ1v) is 6.34. The number of alkyl halides is 1. The molecular formula is C11H18BrN. The van der Waals surface area contributed by atoms with Gasteiger partial charge < -0.3 is 0 Å². The molecule has 0 amide bonds. The zero-order chi connectivity index (χ0) is 9.38. The molecule has 0 aromatic heterocycles. The number of nitrogens with zero attached hydrogens (tertiary/aromatic N) is 1. The number of hydrogen-bond donors (Lipinski definition) is 0.